The normalized spacial score (nSPS) is 13.7. The summed E-state index contributed by atoms with van der Waals surface area (Å²) < 4.78 is 87.3. The van der Waals surface area contributed by atoms with Crippen LogP contribution < -0.4 is 28.7 Å². The van der Waals surface area contributed by atoms with Gasteiger partial charge in [0, 0.05) is 29.9 Å². The van der Waals surface area contributed by atoms with Crippen LogP contribution in [0.2, 0.25) is 0 Å². The molecule has 0 aliphatic carbocycles. The number of carbonyl (C=O) groups is 2. The largest absolute Gasteiger partial charge is 0.493 e. The first-order chi connectivity index (χ1) is 20.0. The lowest BCUT2D eigenvalue weighted by Crippen LogP contribution is -2.33. The van der Waals surface area contributed by atoms with Crippen LogP contribution in [-0.4, -0.2) is 49.3 Å². The van der Waals surface area contributed by atoms with Crippen molar-refractivity contribution in [2.24, 2.45) is 0 Å². The highest BCUT2D eigenvalue weighted by molar-refractivity contribution is 6.27. The predicted molar refractivity (Wildman–Crippen MR) is 137 cm³/mol. The van der Waals surface area contributed by atoms with Crippen LogP contribution in [0, 0.1) is 0 Å². The van der Waals surface area contributed by atoms with Crippen LogP contribution in [0.3, 0.4) is 0 Å². The Balaban J connectivity index is 1.49. The molecule has 1 aliphatic rings. The van der Waals surface area contributed by atoms with E-state index in [2.05, 4.69) is 14.7 Å². The monoisotopic (exact) mass is 590 g/mol. The molecule has 1 fully saturated rings. The SMILES string of the molecule is COc1cc2nccc(Oc3ccc(N4C(=O)CN(c5cncc(C(F)(F)F)c5)C4=O)cc3OC(F)F)c2cc1OC. The van der Waals surface area contributed by atoms with Crippen LogP contribution in [0.5, 0.6) is 28.7 Å². The highest BCUT2D eigenvalue weighted by Crippen LogP contribution is 2.41. The third kappa shape index (κ3) is 5.40. The summed E-state index contributed by atoms with van der Waals surface area (Å²) in [5.74, 6) is -0.601. The van der Waals surface area contributed by atoms with Crippen molar-refractivity contribution in [3.05, 3.63) is 66.6 Å². The van der Waals surface area contributed by atoms with Crippen molar-refractivity contribution < 1.29 is 50.5 Å². The Labute approximate surface area is 233 Å². The average Bonchev–Trinajstić information content (AvgIpc) is 3.26. The van der Waals surface area contributed by atoms with E-state index in [1.807, 2.05) is 0 Å². The molecule has 0 atom stereocenters. The standard InChI is InChI=1S/C27H19F5N4O6/c1-39-21-9-17-18(10-22(21)40-2)34-6-5-19(17)41-20-4-3-15(8-23(20)42-25(28)29)36-24(37)13-35(26(36)38)16-7-14(11-33-12-16)27(30,31)32/h3-12,25H,13H2,1-2H3. The van der Waals surface area contributed by atoms with E-state index >= 15 is 0 Å². The quantitative estimate of drug-likeness (QED) is 0.181. The molecule has 0 unspecified atom stereocenters. The number of amides is 3. The molecule has 3 amide bonds. The maximum absolute atomic E-state index is 13.4. The van der Waals surface area contributed by atoms with E-state index in [0.29, 0.717) is 39.6 Å². The smallest absolute Gasteiger partial charge is 0.417 e. The lowest BCUT2D eigenvalue weighted by molar-refractivity contribution is -0.137. The van der Waals surface area contributed by atoms with Gasteiger partial charge in [-0.3, -0.25) is 19.7 Å². The van der Waals surface area contributed by atoms with Gasteiger partial charge in [0.2, 0.25) is 0 Å². The first-order valence-corrected chi connectivity index (χ1v) is 11.9. The molecule has 5 rings (SSSR count). The van der Waals surface area contributed by atoms with Gasteiger partial charge in [0.1, 0.15) is 12.3 Å². The van der Waals surface area contributed by atoms with Crippen molar-refractivity contribution in [2.75, 3.05) is 30.6 Å². The number of benzene rings is 2. The Hall–Kier alpha value is -5.21. The summed E-state index contributed by atoms with van der Waals surface area (Å²) in [6.07, 6.45) is -1.74. The minimum Gasteiger partial charge on any atom is -0.493 e. The Morgan fingerprint density at radius 2 is 1.60 bits per heavy atom. The summed E-state index contributed by atoms with van der Waals surface area (Å²) in [4.78, 5) is 35.1. The van der Waals surface area contributed by atoms with Crippen molar-refractivity contribution in [3.63, 3.8) is 0 Å². The van der Waals surface area contributed by atoms with Crippen molar-refractivity contribution in [1.29, 1.82) is 0 Å². The van der Waals surface area contributed by atoms with E-state index in [9.17, 15) is 31.5 Å². The van der Waals surface area contributed by atoms with Gasteiger partial charge in [-0.05, 0) is 30.3 Å². The number of pyridine rings is 2. The zero-order valence-electron chi connectivity index (χ0n) is 21.7. The Kier molecular flexibility index (Phi) is 7.41. The molecule has 15 heteroatoms. The van der Waals surface area contributed by atoms with E-state index in [1.165, 1.54) is 38.6 Å². The maximum atomic E-state index is 13.4. The number of methoxy groups -OCH3 is 2. The molecule has 0 spiro atoms. The molecule has 2 aromatic carbocycles. The molecule has 0 bridgehead atoms. The summed E-state index contributed by atoms with van der Waals surface area (Å²) in [5.41, 5.74) is -1.13. The minimum atomic E-state index is -4.73. The molecule has 1 aliphatic heterocycles. The van der Waals surface area contributed by atoms with Crippen LogP contribution in [0.4, 0.5) is 38.1 Å². The molecule has 42 heavy (non-hydrogen) atoms. The van der Waals surface area contributed by atoms with Crippen molar-refractivity contribution >= 4 is 34.2 Å². The van der Waals surface area contributed by atoms with Gasteiger partial charge >= 0.3 is 18.8 Å². The number of urea groups is 1. The minimum absolute atomic E-state index is 0.179. The van der Waals surface area contributed by atoms with E-state index < -0.39 is 42.6 Å². The molecule has 3 heterocycles. The molecular formula is C27H19F5N4O6. The number of halogens is 5. The van der Waals surface area contributed by atoms with Crippen LogP contribution in [0.15, 0.2) is 61.1 Å². The molecule has 1 saturated heterocycles. The molecule has 2 aromatic heterocycles. The summed E-state index contributed by atoms with van der Waals surface area (Å²) in [6, 6.07) is 7.74. The zero-order chi connectivity index (χ0) is 30.2. The topological polar surface area (TPSA) is 103 Å². The predicted octanol–water partition coefficient (Wildman–Crippen LogP) is 6.03. The third-order valence-corrected chi connectivity index (χ3v) is 6.16. The van der Waals surface area contributed by atoms with E-state index in [-0.39, 0.29) is 22.9 Å². The summed E-state index contributed by atoms with van der Waals surface area (Å²) >= 11 is 0. The summed E-state index contributed by atoms with van der Waals surface area (Å²) in [6.45, 7) is -3.92. The second-order valence-electron chi connectivity index (χ2n) is 8.67. The number of hydrogen-bond donors (Lipinski definition) is 0. The highest BCUT2D eigenvalue weighted by atomic mass is 19.4. The number of alkyl halides is 5. The Morgan fingerprint density at radius 3 is 2.29 bits per heavy atom. The Morgan fingerprint density at radius 1 is 0.857 bits per heavy atom. The lowest BCUT2D eigenvalue weighted by Gasteiger charge is -2.20. The number of ether oxygens (including phenoxy) is 4. The van der Waals surface area contributed by atoms with Gasteiger partial charge in [-0.25, -0.2) is 9.69 Å². The summed E-state index contributed by atoms with van der Waals surface area (Å²) in [7, 11) is 2.88. The third-order valence-electron chi connectivity index (χ3n) is 6.16. The number of hydrogen-bond acceptors (Lipinski definition) is 8. The van der Waals surface area contributed by atoms with Crippen LogP contribution in [0.25, 0.3) is 10.9 Å². The fourth-order valence-electron chi connectivity index (χ4n) is 4.25. The number of fused-ring (bicyclic) bond motifs is 1. The van der Waals surface area contributed by atoms with Crippen molar-refractivity contribution in [3.8, 4) is 28.7 Å². The van der Waals surface area contributed by atoms with Gasteiger partial charge in [-0.1, -0.05) is 0 Å². The van der Waals surface area contributed by atoms with Gasteiger partial charge in [0.15, 0.2) is 23.0 Å². The number of imide groups is 1. The van der Waals surface area contributed by atoms with Crippen LogP contribution in [0.1, 0.15) is 5.56 Å². The first kappa shape index (κ1) is 28.3. The highest BCUT2D eigenvalue weighted by Gasteiger charge is 2.40. The average molecular weight is 590 g/mol. The molecule has 0 saturated carbocycles. The maximum Gasteiger partial charge on any atom is 0.417 e. The second kappa shape index (κ2) is 11.0. The molecule has 10 nitrogen and oxygen atoms in total. The van der Waals surface area contributed by atoms with Gasteiger partial charge < -0.3 is 18.9 Å². The van der Waals surface area contributed by atoms with Gasteiger partial charge in [0.25, 0.3) is 5.91 Å². The van der Waals surface area contributed by atoms with Gasteiger partial charge in [-0.15, -0.1) is 0 Å². The van der Waals surface area contributed by atoms with Gasteiger partial charge in [-0.2, -0.15) is 22.0 Å². The fraction of sp³-hybridized carbons (Fsp3) is 0.185. The van der Waals surface area contributed by atoms with Crippen molar-refractivity contribution in [1.82, 2.24) is 9.97 Å². The fourth-order valence-corrected chi connectivity index (χ4v) is 4.25. The lowest BCUT2D eigenvalue weighted by atomic mass is 10.1. The number of nitrogens with zero attached hydrogens (tertiary/aromatic N) is 4. The van der Waals surface area contributed by atoms with Gasteiger partial charge in [0.05, 0.1) is 42.9 Å². The molecule has 0 radical (unpaired) electrons. The van der Waals surface area contributed by atoms with Crippen molar-refractivity contribution in [2.45, 2.75) is 12.8 Å². The van der Waals surface area contributed by atoms with E-state index in [0.717, 1.165) is 17.2 Å². The number of aromatic nitrogens is 2. The molecule has 0 N–H and O–H groups in total. The molecular weight excluding hydrogens is 571 g/mol. The van der Waals surface area contributed by atoms with E-state index in [1.54, 1.807) is 12.1 Å². The molecule has 218 valence electrons. The molecule has 4 aromatic rings. The first-order valence-electron chi connectivity index (χ1n) is 11.9. The van der Waals surface area contributed by atoms with E-state index in [4.69, 9.17) is 14.2 Å². The number of rotatable bonds is 8. The zero-order valence-corrected chi connectivity index (χ0v) is 21.7. The number of carbonyl (C=O) groups excluding carboxylic acids is 2. The second-order valence-corrected chi connectivity index (χ2v) is 8.67. The number of anilines is 2. The summed E-state index contributed by atoms with van der Waals surface area (Å²) in [5, 5.41) is 0.442. The van der Waals surface area contributed by atoms with Crippen LogP contribution in [-0.2, 0) is 11.0 Å². The van der Waals surface area contributed by atoms with Crippen LogP contribution >= 0.6 is 0 Å². The Bertz CT molecular complexity index is 1680.